The second kappa shape index (κ2) is 11.3. The van der Waals surface area contributed by atoms with Crippen LogP contribution in [0.4, 0.5) is 10.7 Å². The summed E-state index contributed by atoms with van der Waals surface area (Å²) >= 11 is 0. The molecule has 3 aliphatic heterocycles. The van der Waals surface area contributed by atoms with Crippen molar-refractivity contribution in [3.05, 3.63) is 53.3 Å². The Hall–Kier alpha value is -2.91. The average molecular weight is 545 g/mol. The maximum atomic E-state index is 14.1. The third-order valence-corrected chi connectivity index (χ3v) is 11.5. The fourth-order valence-corrected chi connectivity index (χ4v) is 9.20. The van der Waals surface area contributed by atoms with E-state index in [1.807, 2.05) is 17.2 Å². The van der Waals surface area contributed by atoms with E-state index in [0.29, 0.717) is 29.8 Å². The van der Waals surface area contributed by atoms with Crippen molar-refractivity contribution in [1.82, 2.24) is 24.7 Å². The van der Waals surface area contributed by atoms with Crippen molar-refractivity contribution in [3.63, 3.8) is 0 Å². The number of benzene rings is 1. The van der Waals surface area contributed by atoms with Crippen LogP contribution in [0.2, 0.25) is 6.04 Å². The lowest BCUT2D eigenvalue weighted by molar-refractivity contribution is -0.132. The number of piperidine rings is 1. The molecule has 1 aliphatic carbocycles. The van der Waals surface area contributed by atoms with Crippen molar-refractivity contribution in [2.24, 2.45) is 5.92 Å². The van der Waals surface area contributed by atoms with Crippen LogP contribution in [0.15, 0.2) is 36.5 Å². The molecule has 39 heavy (non-hydrogen) atoms. The highest BCUT2D eigenvalue weighted by Gasteiger charge is 2.34. The van der Waals surface area contributed by atoms with Gasteiger partial charge in [0.15, 0.2) is 0 Å². The highest BCUT2D eigenvalue weighted by Crippen LogP contribution is 2.33. The van der Waals surface area contributed by atoms with Gasteiger partial charge in [0.05, 0.1) is 12.2 Å². The molecule has 1 aromatic carbocycles. The quantitative estimate of drug-likeness (QED) is 0.562. The molecular weight excluding hydrogens is 504 g/mol. The van der Waals surface area contributed by atoms with Gasteiger partial charge in [-0.2, -0.15) is 0 Å². The van der Waals surface area contributed by atoms with E-state index in [4.69, 9.17) is 4.98 Å². The Balaban J connectivity index is 1.14. The number of carbonyl (C=O) groups is 2. The van der Waals surface area contributed by atoms with Crippen LogP contribution in [0.25, 0.3) is 0 Å². The van der Waals surface area contributed by atoms with Gasteiger partial charge in [0.25, 0.3) is 0 Å². The average Bonchev–Trinajstić information content (AvgIpc) is 3.77. The Kier molecular flexibility index (Phi) is 7.62. The van der Waals surface area contributed by atoms with Gasteiger partial charge in [0.1, 0.15) is 8.41 Å². The van der Waals surface area contributed by atoms with Crippen LogP contribution in [0, 0.1) is 5.92 Å². The molecule has 1 saturated carbocycles. The number of nitrogens with one attached hydrogen (secondary N) is 1. The lowest BCUT2D eigenvalue weighted by Crippen LogP contribution is -2.51. The van der Waals surface area contributed by atoms with Gasteiger partial charge in [-0.05, 0) is 80.9 Å². The van der Waals surface area contributed by atoms with Gasteiger partial charge in [-0.25, -0.2) is 9.97 Å². The Morgan fingerprint density at radius 2 is 1.82 bits per heavy atom. The molecule has 9 heteroatoms. The number of aromatic nitrogens is 2. The van der Waals surface area contributed by atoms with Gasteiger partial charge in [-0.3, -0.25) is 9.59 Å². The topological polar surface area (TPSA) is 81.7 Å². The van der Waals surface area contributed by atoms with Gasteiger partial charge in [0.2, 0.25) is 17.4 Å². The van der Waals surface area contributed by atoms with Crippen molar-refractivity contribution in [1.29, 1.82) is 0 Å². The van der Waals surface area contributed by atoms with Gasteiger partial charge in [-0.15, -0.1) is 0 Å². The standard InChI is InChI=1S/C30H40N6O2Si/c1-21-16-24-18-31-29(32-25-10-12-35(13-11-25)28(37)17-22-8-9-22)33-26(24)19-36(21)30(38)39-15-14-34(2)20-27(39)23-6-4-3-5-7-23/h3-7,18,21-22,25H,8-17,19-20H2,1-2H3,(H,31,32,33)/t21-/m1/s1. The second-order valence-corrected chi connectivity index (χ2v) is 14.4. The zero-order chi connectivity index (χ0) is 26.9. The summed E-state index contributed by atoms with van der Waals surface area (Å²) in [5, 5.41) is 4.85. The van der Waals surface area contributed by atoms with Crippen LogP contribution in [0.3, 0.4) is 0 Å². The highest BCUT2D eigenvalue weighted by atomic mass is 28.2. The summed E-state index contributed by atoms with van der Waals surface area (Å²) in [5.74, 6) is 1.60. The van der Waals surface area contributed by atoms with Crippen molar-refractivity contribution in [3.8, 4) is 0 Å². The van der Waals surface area contributed by atoms with E-state index in [1.54, 1.807) is 0 Å². The minimum absolute atomic E-state index is 0.138. The summed E-state index contributed by atoms with van der Waals surface area (Å²) in [4.78, 5) is 42.5. The minimum atomic E-state index is -1.36. The summed E-state index contributed by atoms with van der Waals surface area (Å²) in [5.41, 5.74) is 3.64. The summed E-state index contributed by atoms with van der Waals surface area (Å²) in [6.45, 7) is 6.14. The van der Waals surface area contributed by atoms with E-state index in [-0.39, 0.29) is 12.1 Å². The maximum absolute atomic E-state index is 14.1. The molecule has 6 rings (SSSR count). The number of rotatable bonds is 6. The number of amides is 2. The molecule has 2 aromatic rings. The van der Waals surface area contributed by atoms with Gasteiger partial charge >= 0.3 is 0 Å². The Bertz CT molecular complexity index is 1260. The molecule has 4 aliphatic rings. The number of anilines is 1. The SMILES string of the molecule is C[C@@H]1Cc2cnc(NC3CCN(C(=O)CC4CC4)CC3)nc2CN1C(=O)[Si]1=C(c2ccccc2)CN(C)CC1. The number of hydrogen-bond donors (Lipinski definition) is 1. The number of hydrogen-bond acceptors (Lipinski definition) is 6. The lowest BCUT2D eigenvalue weighted by atomic mass is 10.0. The van der Waals surface area contributed by atoms with Gasteiger partial charge in [-0.1, -0.05) is 30.3 Å². The van der Waals surface area contributed by atoms with Crippen LogP contribution < -0.4 is 5.32 Å². The van der Waals surface area contributed by atoms with E-state index in [2.05, 4.69) is 58.3 Å². The molecule has 1 N–H and O–H groups in total. The molecule has 0 unspecified atom stereocenters. The fraction of sp³-hybridized carbons (Fsp3) is 0.567. The van der Waals surface area contributed by atoms with Gasteiger partial charge in [0, 0.05) is 44.3 Å². The summed E-state index contributed by atoms with van der Waals surface area (Å²) in [7, 11) is 0.787. The van der Waals surface area contributed by atoms with Crippen LogP contribution in [-0.2, 0) is 17.8 Å². The normalized spacial score (nSPS) is 22.6. The first-order chi connectivity index (χ1) is 18.9. The third-order valence-electron chi connectivity index (χ3n) is 8.84. The van der Waals surface area contributed by atoms with E-state index in [0.717, 1.165) is 69.2 Å². The highest BCUT2D eigenvalue weighted by molar-refractivity contribution is 6.97. The zero-order valence-corrected chi connectivity index (χ0v) is 24.2. The van der Waals surface area contributed by atoms with Crippen LogP contribution >= 0.6 is 0 Å². The first-order valence-corrected chi connectivity index (χ1v) is 16.3. The van der Waals surface area contributed by atoms with Crippen molar-refractivity contribution in [2.45, 2.75) is 70.1 Å². The molecule has 1 saturated heterocycles. The van der Waals surface area contributed by atoms with E-state index < -0.39 is 8.41 Å². The minimum Gasteiger partial charge on any atom is -0.351 e. The number of likely N-dealkylation sites (tertiary alicyclic amines) is 1. The molecule has 1 aromatic heterocycles. The molecule has 8 nitrogen and oxygen atoms in total. The lowest BCUT2D eigenvalue weighted by Gasteiger charge is -2.37. The molecule has 4 heterocycles. The smallest absolute Gasteiger partial charge is 0.223 e. The summed E-state index contributed by atoms with van der Waals surface area (Å²) < 4.78 is 0. The van der Waals surface area contributed by atoms with E-state index in [9.17, 15) is 9.59 Å². The third kappa shape index (κ3) is 5.99. The zero-order valence-electron chi connectivity index (χ0n) is 23.2. The van der Waals surface area contributed by atoms with Crippen molar-refractivity contribution < 1.29 is 9.59 Å². The molecule has 0 radical (unpaired) electrons. The molecule has 0 bridgehead atoms. The predicted octanol–water partition coefficient (Wildman–Crippen LogP) is 3.37. The Labute approximate surface area is 233 Å². The monoisotopic (exact) mass is 544 g/mol. The fourth-order valence-electron chi connectivity index (χ4n) is 6.20. The number of nitrogens with zero attached hydrogens (tertiary/aromatic N) is 5. The number of carbonyl (C=O) groups excluding carboxylic acids is 2. The molecule has 2 amide bonds. The summed E-state index contributed by atoms with van der Waals surface area (Å²) in [6, 6.07) is 11.8. The van der Waals surface area contributed by atoms with Crippen LogP contribution in [0.5, 0.6) is 0 Å². The molecule has 1 atom stereocenters. The van der Waals surface area contributed by atoms with Crippen molar-refractivity contribution in [2.75, 3.05) is 38.5 Å². The molecular formula is C30H40N6O2Si. The first kappa shape index (κ1) is 26.3. The van der Waals surface area contributed by atoms with Gasteiger partial charge < -0.3 is 20.0 Å². The predicted molar refractivity (Wildman–Crippen MR) is 155 cm³/mol. The van der Waals surface area contributed by atoms with Crippen molar-refractivity contribution >= 4 is 31.0 Å². The van der Waals surface area contributed by atoms with Crippen LogP contribution in [0.1, 0.15) is 55.8 Å². The summed E-state index contributed by atoms with van der Waals surface area (Å²) in [6.07, 6.45) is 7.72. The van der Waals surface area contributed by atoms with E-state index >= 15 is 0 Å². The largest absolute Gasteiger partial charge is 0.351 e. The molecule has 206 valence electrons. The van der Waals surface area contributed by atoms with E-state index in [1.165, 1.54) is 23.6 Å². The molecule has 2 fully saturated rings. The first-order valence-electron chi connectivity index (χ1n) is 14.6. The molecule has 0 spiro atoms. The number of likely N-dealkylation sites (N-methyl/N-ethyl adjacent to an activating group) is 1. The Morgan fingerprint density at radius 3 is 2.56 bits per heavy atom. The second-order valence-electron chi connectivity index (χ2n) is 11.9. The maximum Gasteiger partial charge on any atom is 0.223 e. The number of fused-ring (bicyclic) bond motifs is 1. The Morgan fingerprint density at radius 1 is 1.05 bits per heavy atom. The van der Waals surface area contributed by atoms with Crippen LogP contribution in [-0.4, -0.2) is 95.0 Å².